The molecule has 0 aliphatic carbocycles. The number of oxazole rings is 1. The van der Waals surface area contributed by atoms with Gasteiger partial charge in [0.15, 0.2) is 5.58 Å². The third-order valence-corrected chi connectivity index (χ3v) is 2.21. The average Bonchev–Trinajstić information content (AvgIpc) is 2.68. The van der Waals surface area contributed by atoms with E-state index in [0.717, 1.165) is 0 Å². The molecule has 0 saturated carbocycles. The van der Waals surface area contributed by atoms with Gasteiger partial charge in [-0.1, -0.05) is 0 Å². The molecule has 8 heteroatoms. The summed E-state index contributed by atoms with van der Waals surface area (Å²) in [5.74, 6) is -4.14. The molecule has 4 nitrogen and oxygen atoms in total. The van der Waals surface area contributed by atoms with Gasteiger partial charge in [0, 0.05) is 5.69 Å². The Balaban J connectivity index is 2.13. The van der Waals surface area contributed by atoms with Crippen LogP contribution >= 0.6 is 0 Å². The Morgan fingerprint density at radius 3 is 2.78 bits per heavy atom. The number of hydrogen-bond donors (Lipinski definition) is 2. The van der Waals surface area contributed by atoms with Crippen LogP contribution in [0, 0.1) is 0 Å². The van der Waals surface area contributed by atoms with Crippen LogP contribution in [0.15, 0.2) is 22.6 Å². The molecule has 1 heterocycles. The van der Waals surface area contributed by atoms with Crippen molar-refractivity contribution in [2.75, 3.05) is 17.6 Å². The van der Waals surface area contributed by atoms with E-state index in [1.807, 2.05) is 5.32 Å². The topological polar surface area (TPSA) is 64.1 Å². The number of benzene rings is 1. The number of aromatic nitrogens is 1. The summed E-state index contributed by atoms with van der Waals surface area (Å²) in [5.41, 5.74) is 6.61. The lowest BCUT2D eigenvalue weighted by Crippen LogP contribution is -2.34. The van der Waals surface area contributed by atoms with Crippen molar-refractivity contribution >= 4 is 22.8 Å². The van der Waals surface area contributed by atoms with Crippen molar-refractivity contribution in [2.24, 2.45) is 0 Å². The van der Waals surface area contributed by atoms with Gasteiger partial charge in [-0.15, -0.1) is 0 Å². The van der Waals surface area contributed by atoms with Gasteiger partial charge in [0.25, 0.3) is 6.01 Å². The monoisotopic (exact) mass is 263 g/mol. The third kappa shape index (κ3) is 2.47. The Labute approximate surface area is 98.8 Å². The highest BCUT2D eigenvalue weighted by Crippen LogP contribution is 2.25. The van der Waals surface area contributed by atoms with Crippen LogP contribution in [0.2, 0.25) is 0 Å². The smallest absolute Gasteiger partial charge is 0.324 e. The number of nitrogens with two attached hydrogens (primary N) is 1. The van der Waals surface area contributed by atoms with Gasteiger partial charge in [0.1, 0.15) is 5.52 Å². The van der Waals surface area contributed by atoms with Gasteiger partial charge >= 0.3 is 12.3 Å². The first-order valence-corrected chi connectivity index (χ1v) is 4.94. The highest BCUT2D eigenvalue weighted by molar-refractivity contribution is 5.78. The van der Waals surface area contributed by atoms with Gasteiger partial charge in [-0.05, 0) is 18.2 Å². The van der Waals surface area contributed by atoms with Crippen molar-refractivity contribution in [2.45, 2.75) is 12.3 Å². The number of nitrogen functional groups attached to an aromatic ring is 1. The van der Waals surface area contributed by atoms with Gasteiger partial charge < -0.3 is 15.5 Å². The second-order valence-electron chi connectivity index (χ2n) is 3.66. The number of alkyl halides is 4. The largest absolute Gasteiger partial charge is 0.424 e. The lowest BCUT2D eigenvalue weighted by molar-refractivity contribution is -0.117. The van der Waals surface area contributed by atoms with Crippen LogP contribution in [0.1, 0.15) is 0 Å². The van der Waals surface area contributed by atoms with E-state index in [2.05, 4.69) is 4.98 Å². The molecule has 0 saturated heterocycles. The molecule has 98 valence electrons. The summed E-state index contributed by atoms with van der Waals surface area (Å²) in [6.45, 7) is -1.26. The van der Waals surface area contributed by atoms with Gasteiger partial charge in [-0.3, -0.25) is 0 Å². The minimum atomic E-state index is -4.14. The van der Waals surface area contributed by atoms with Gasteiger partial charge in [0.2, 0.25) is 0 Å². The van der Waals surface area contributed by atoms with Crippen molar-refractivity contribution in [1.29, 1.82) is 0 Å². The average molecular weight is 263 g/mol. The quantitative estimate of drug-likeness (QED) is 0.657. The summed E-state index contributed by atoms with van der Waals surface area (Å²) in [6, 6.07) is 4.28. The third-order valence-electron chi connectivity index (χ3n) is 2.21. The number of hydrogen-bond acceptors (Lipinski definition) is 4. The first-order valence-electron chi connectivity index (χ1n) is 4.94. The van der Waals surface area contributed by atoms with E-state index in [-0.39, 0.29) is 6.01 Å². The fourth-order valence-corrected chi connectivity index (χ4v) is 1.29. The summed E-state index contributed by atoms with van der Waals surface area (Å²) in [7, 11) is 0. The number of nitrogens with zero attached hydrogens (tertiary/aromatic N) is 1. The van der Waals surface area contributed by atoms with Crippen LogP contribution in [-0.2, 0) is 0 Å². The first kappa shape index (κ1) is 12.5. The lowest BCUT2D eigenvalue weighted by atomic mass is 10.3. The van der Waals surface area contributed by atoms with Crippen LogP contribution < -0.4 is 11.1 Å². The molecule has 0 radical (unpaired) electrons. The molecule has 2 aromatic rings. The lowest BCUT2D eigenvalue weighted by Gasteiger charge is -2.14. The maximum absolute atomic E-state index is 12.6. The molecule has 18 heavy (non-hydrogen) atoms. The fourth-order valence-electron chi connectivity index (χ4n) is 1.29. The maximum Gasteiger partial charge on any atom is 0.324 e. The van der Waals surface area contributed by atoms with E-state index in [4.69, 9.17) is 10.2 Å². The number of fused-ring (bicyclic) bond motifs is 1. The highest BCUT2D eigenvalue weighted by Gasteiger charge is 2.40. The second kappa shape index (κ2) is 4.35. The van der Waals surface area contributed by atoms with Crippen molar-refractivity contribution in [3.05, 3.63) is 18.2 Å². The molecule has 0 bridgehead atoms. The number of halogens is 4. The molecule has 0 aliphatic rings. The van der Waals surface area contributed by atoms with Crippen molar-refractivity contribution in [3.63, 3.8) is 0 Å². The Hall–Kier alpha value is -1.99. The molecule has 3 N–H and O–H groups in total. The minimum Gasteiger partial charge on any atom is -0.424 e. The molecule has 0 atom stereocenters. The first-order chi connectivity index (χ1) is 8.38. The van der Waals surface area contributed by atoms with Crippen molar-refractivity contribution in [1.82, 2.24) is 4.98 Å². The summed E-state index contributed by atoms with van der Waals surface area (Å²) in [4.78, 5) is 3.80. The molecular formula is C10H9F4N3O. The predicted molar refractivity (Wildman–Crippen MR) is 57.9 cm³/mol. The van der Waals surface area contributed by atoms with Crippen LogP contribution in [0.25, 0.3) is 11.1 Å². The zero-order valence-corrected chi connectivity index (χ0v) is 8.96. The van der Waals surface area contributed by atoms with Crippen molar-refractivity contribution in [3.8, 4) is 0 Å². The molecule has 0 fully saturated rings. The molecular weight excluding hydrogens is 254 g/mol. The van der Waals surface area contributed by atoms with E-state index in [1.54, 1.807) is 6.07 Å². The molecule has 2 rings (SSSR count). The van der Waals surface area contributed by atoms with E-state index >= 15 is 0 Å². The summed E-state index contributed by atoms with van der Waals surface area (Å²) in [6.07, 6.45) is -3.75. The Kier molecular flexibility index (Phi) is 3.02. The molecule has 0 spiro atoms. The normalized spacial score (nSPS) is 12.3. The van der Waals surface area contributed by atoms with Crippen molar-refractivity contribution < 1.29 is 22.0 Å². The van der Waals surface area contributed by atoms with E-state index in [9.17, 15) is 17.6 Å². The summed E-state index contributed by atoms with van der Waals surface area (Å²) < 4.78 is 54.2. The standard InChI is InChI=1S/C10H9F4N3O/c11-8(12)10(13,14)4-16-9-17-6-3-5(15)1-2-7(6)18-9/h1-3,8H,4,15H2,(H,16,17). The van der Waals surface area contributed by atoms with Crippen LogP contribution in [0.3, 0.4) is 0 Å². The number of nitrogens with one attached hydrogen (secondary N) is 1. The van der Waals surface area contributed by atoms with E-state index < -0.39 is 18.9 Å². The highest BCUT2D eigenvalue weighted by atomic mass is 19.3. The maximum atomic E-state index is 12.6. The molecule has 0 unspecified atom stereocenters. The number of rotatable bonds is 4. The van der Waals surface area contributed by atoms with E-state index in [0.29, 0.717) is 16.8 Å². The number of anilines is 2. The van der Waals surface area contributed by atoms with Crippen LogP contribution in [0.4, 0.5) is 29.3 Å². The van der Waals surface area contributed by atoms with Gasteiger partial charge in [-0.25, -0.2) is 8.78 Å². The molecule has 1 aromatic heterocycles. The summed E-state index contributed by atoms with van der Waals surface area (Å²) in [5, 5.41) is 2.03. The Bertz CT molecular complexity index is 555. The van der Waals surface area contributed by atoms with Crippen LogP contribution in [0.5, 0.6) is 0 Å². The zero-order valence-electron chi connectivity index (χ0n) is 8.96. The molecule has 0 amide bonds. The molecule has 1 aromatic carbocycles. The zero-order chi connectivity index (χ0) is 13.3. The molecule has 0 aliphatic heterocycles. The Morgan fingerprint density at radius 2 is 2.11 bits per heavy atom. The van der Waals surface area contributed by atoms with E-state index in [1.165, 1.54) is 12.1 Å². The predicted octanol–water partition coefficient (Wildman–Crippen LogP) is 2.72. The van der Waals surface area contributed by atoms with Crippen LogP contribution in [-0.4, -0.2) is 23.9 Å². The fraction of sp³-hybridized carbons (Fsp3) is 0.300. The second-order valence-corrected chi connectivity index (χ2v) is 3.66. The minimum absolute atomic E-state index is 0.254. The Morgan fingerprint density at radius 1 is 1.39 bits per heavy atom. The summed E-state index contributed by atoms with van der Waals surface area (Å²) >= 11 is 0. The SMILES string of the molecule is Nc1ccc2oc(NCC(F)(F)C(F)F)nc2c1. The van der Waals surface area contributed by atoms with Gasteiger partial charge in [-0.2, -0.15) is 13.8 Å². The van der Waals surface area contributed by atoms with Gasteiger partial charge in [0.05, 0.1) is 6.54 Å².